The Morgan fingerprint density at radius 1 is 1.50 bits per heavy atom. The van der Waals surface area contributed by atoms with Crippen molar-refractivity contribution in [2.24, 2.45) is 0 Å². The SMILES string of the molecule is Cc1nc(CCNC(=O)/C=C/C(=O)O)no1. The molecular weight excluding hydrogens is 214 g/mol. The summed E-state index contributed by atoms with van der Waals surface area (Å²) in [6.45, 7) is 1.99. The van der Waals surface area contributed by atoms with Gasteiger partial charge in [-0.05, 0) is 0 Å². The molecule has 1 aromatic heterocycles. The molecule has 1 amide bonds. The van der Waals surface area contributed by atoms with Crippen molar-refractivity contribution in [2.75, 3.05) is 6.54 Å². The molecule has 0 atom stereocenters. The van der Waals surface area contributed by atoms with E-state index in [1.807, 2.05) is 0 Å². The topological polar surface area (TPSA) is 105 Å². The molecule has 2 N–H and O–H groups in total. The van der Waals surface area contributed by atoms with E-state index in [0.717, 1.165) is 12.2 Å². The summed E-state index contributed by atoms with van der Waals surface area (Å²) in [7, 11) is 0. The highest BCUT2D eigenvalue weighted by atomic mass is 16.5. The minimum Gasteiger partial charge on any atom is -0.478 e. The number of nitrogens with zero attached hydrogens (tertiary/aromatic N) is 2. The lowest BCUT2D eigenvalue weighted by Crippen LogP contribution is -2.24. The fraction of sp³-hybridized carbons (Fsp3) is 0.333. The van der Waals surface area contributed by atoms with Gasteiger partial charge in [0.1, 0.15) is 0 Å². The number of carbonyl (C=O) groups excluding carboxylic acids is 1. The fourth-order valence-corrected chi connectivity index (χ4v) is 0.946. The van der Waals surface area contributed by atoms with Crippen molar-refractivity contribution < 1.29 is 19.2 Å². The van der Waals surface area contributed by atoms with Crippen LogP contribution in [0.5, 0.6) is 0 Å². The van der Waals surface area contributed by atoms with E-state index in [1.165, 1.54) is 0 Å². The van der Waals surface area contributed by atoms with E-state index >= 15 is 0 Å². The highest BCUT2D eigenvalue weighted by Crippen LogP contribution is 1.94. The molecule has 0 unspecified atom stereocenters. The van der Waals surface area contributed by atoms with E-state index in [2.05, 4.69) is 15.5 Å². The standard InChI is InChI=1S/C9H11N3O4/c1-6-11-7(12-16-6)4-5-10-8(13)2-3-9(14)15/h2-3H,4-5H2,1H3,(H,10,13)(H,14,15)/b3-2+. The van der Waals surface area contributed by atoms with Crippen LogP contribution in [0, 0.1) is 6.92 Å². The molecule has 0 saturated heterocycles. The number of hydrogen-bond acceptors (Lipinski definition) is 5. The van der Waals surface area contributed by atoms with Crippen molar-refractivity contribution in [1.82, 2.24) is 15.5 Å². The normalized spacial score (nSPS) is 10.6. The predicted molar refractivity (Wildman–Crippen MR) is 52.5 cm³/mol. The number of aryl methyl sites for hydroxylation is 1. The number of hydrogen-bond donors (Lipinski definition) is 2. The zero-order valence-electron chi connectivity index (χ0n) is 8.64. The van der Waals surface area contributed by atoms with E-state index in [0.29, 0.717) is 24.7 Å². The fourth-order valence-electron chi connectivity index (χ4n) is 0.946. The van der Waals surface area contributed by atoms with Crippen LogP contribution in [0.3, 0.4) is 0 Å². The summed E-state index contributed by atoms with van der Waals surface area (Å²) in [6.07, 6.45) is 2.15. The lowest BCUT2D eigenvalue weighted by atomic mass is 10.4. The van der Waals surface area contributed by atoms with Gasteiger partial charge in [0.25, 0.3) is 0 Å². The van der Waals surface area contributed by atoms with Crippen LogP contribution in [0.25, 0.3) is 0 Å². The zero-order valence-corrected chi connectivity index (χ0v) is 8.64. The number of carboxylic acids is 1. The van der Waals surface area contributed by atoms with Crippen LogP contribution in [-0.4, -0.2) is 33.7 Å². The highest BCUT2D eigenvalue weighted by Gasteiger charge is 2.02. The molecule has 1 rings (SSSR count). The van der Waals surface area contributed by atoms with E-state index in [-0.39, 0.29) is 0 Å². The molecule has 0 aliphatic heterocycles. The second-order valence-corrected chi connectivity index (χ2v) is 2.94. The summed E-state index contributed by atoms with van der Waals surface area (Å²) in [5.74, 6) is -0.668. The maximum atomic E-state index is 11.0. The quantitative estimate of drug-likeness (QED) is 0.665. The first kappa shape index (κ1) is 11.9. The van der Waals surface area contributed by atoms with E-state index in [4.69, 9.17) is 9.63 Å². The number of carboxylic acid groups (broad SMARTS) is 1. The molecule has 86 valence electrons. The van der Waals surface area contributed by atoms with Crippen LogP contribution >= 0.6 is 0 Å². The van der Waals surface area contributed by atoms with Gasteiger partial charge < -0.3 is 14.9 Å². The Kier molecular flexibility index (Phi) is 4.19. The average molecular weight is 225 g/mol. The monoisotopic (exact) mass is 225 g/mol. The van der Waals surface area contributed by atoms with Crippen molar-refractivity contribution in [2.45, 2.75) is 13.3 Å². The Balaban J connectivity index is 2.25. The number of carbonyl (C=O) groups is 2. The molecule has 0 radical (unpaired) electrons. The maximum absolute atomic E-state index is 11.0. The lowest BCUT2D eigenvalue weighted by Gasteiger charge is -1.97. The molecule has 0 aliphatic carbocycles. The van der Waals surface area contributed by atoms with E-state index in [9.17, 15) is 9.59 Å². The first-order chi connectivity index (χ1) is 7.58. The molecule has 7 nitrogen and oxygen atoms in total. The smallest absolute Gasteiger partial charge is 0.328 e. The third-order valence-electron chi connectivity index (χ3n) is 1.59. The maximum Gasteiger partial charge on any atom is 0.328 e. The Bertz CT molecular complexity index is 411. The molecule has 0 bridgehead atoms. The average Bonchev–Trinajstić information content (AvgIpc) is 2.61. The summed E-state index contributed by atoms with van der Waals surface area (Å²) < 4.78 is 4.74. The summed E-state index contributed by atoms with van der Waals surface area (Å²) in [4.78, 5) is 25.1. The van der Waals surface area contributed by atoms with Crippen LogP contribution in [0.15, 0.2) is 16.7 Å². The summed E-state index contributed by atoms with van der Waals surface area (Å²) in [5.41, 5.74) is 0. The molecule has 0 fully saturated rings. The minimum atomic E-state index is -1.16. The molecule has 1 heterocycles. The first-order valence-electron chi connectivity index (χ1n) is 4.56. The second-order valence-electron chi connectivity index (χ2n) is 2.94. The second kappa shape index (κ2) is 5.64. The summed E-state index contributed by atoms with van der Waals surface area (Å²) >= 11 is 0. The van der Waals surface area contributed by atoms with Crippen LogP contribution in [0.2, 0.25) is 0 Å². The Morgan fingerprint density at radius 3 is 2.81 bits per heavy atom. The van der Waals surface area contributed by atoms with Crippen molar-refractivity contribution >= 4 is 11.9 Å². The molecule has 1 aromatic rings. The van der Waals surface area contributed by atoms with Crippen LogP contribution in [0.1, 0.15) is 11.7 Å². The van der Waals surface area contributed by atoms with Gasteiger partial charge in [-0.3, -0.25) is 4.79 Å². The van der Waals surface area contributed by atoms with Crippen LogP contribution < -0.4 is 5.32 Å². The number of amides is 1. The van der Waals surface area contributed by atoms with Crippen molar-refractivity contribution in [3.8, 4) is 0 Å². The van der Waals surface area contributed by atoms with Gasteiger partial charge in [-0.15, -0.1) is 0 Å². The minimum absolute atomic E-state index is 0.321. The highest BCUT2D eigenvalue weighted by molar-refractivity contribution is 5.93. The molecule has 0 aliphatic rings. The van der Waals surface area contributed by atoms with E-state index in [1.54, 1.807) is 6.92 Å². The first-order valence-corrected chi connectivity index (χ1v) is 4.56. The lowest BCUT2D eigenvalue weighted by molar-refractivity contribution is -0.131. The molecule has 0 saturated carbocycles. The number of aliphatic carboxylic acids is 1. The molecule has 7 heteroatoms. The van der Waals surface area contributed by atoms with Gasteiger partial charge in [0.05, 0.1) is 0 Å². The summed E-state index contributed by atoms with van der Waals surface area (Å²) in [6, 6.07) is 0. The van der Waals surface area contributed by atoms with Gasteiger partial charge >= 0.3 is 5.97 Å². The van der Waals surface area contributed by atoms with Gasteiger partial charge in [-0.25, -0.2) is 4.79 Å². The zero-order chi connectivity index (χ0) is 12.0. The number of nitrogens with one attached hydrogen (secondary N) is 1. The molecule has 0 spiro atoms. The van der Waals surface area contributed by atoms with Crippen LogP contribution in [-0.2, 0) is 16.0 Å². The largest absolute Gasteiger partial charge is 0.478 e. The van der Waals surface area contributed by atoms with Gasteiger partial charge in [-0.2, -0.15) is 4.98 Å². The van der Waals surface area contributed by atoms with Gasteiger partial charge in [0.15, 0.2) is 5.82 Å². The predicted octanol–water partition coefficient (Wildman–Crippen LogP) is -0.322. The van der Waals surface area contributed by atoms with Crippen molar-refractivity contribution in [3.63, 3.8) is 0 Å². The van der Waals surface area contributed by atoms with Gasteiger partial charge in [-0.1, -0.05) is 5.16 Å². The number of rotatable bonds is 5. The Morgan fingerprint density at radius 2 is 2.25 bits per heavy atom. The third kappa shape index (κ3) is 4.36. The Labute approximate surface area is 91.1 Å². The number of aromatic nitrogens is 2. The Hall–Kier alpha value is -2.18. The summed E-state index contributed by atoms with van der Waals surface area (Å²) in [5, 5.41) is 14.4. The molecule has 0 aromatic carbocycles. The third-order valence-corrected chi connectivity index (χ3v) is 1.59. The molecule has 16 heavy (non-hydrogen) atoms. The van der Waals surface area contributed by atoms with Gasteiger partial charge in [0.2, 0.25) is 11.8 Å². The molecular formula is C9H11N3O4. The van der Waals surface area contributed by atoms with Crippen LogP contribution in [0.4, 0.5) is 0 Å². The van der Waals surface area contributed by atoms with Crippen molar-refractivity contribution in [1.29, 1.82) is 0 Å². The van der Waals surface area contributed by atoms with Gasteiger partial charge in [0, 0.05) is 32.0 Å². The van der Waals surface area contributed by atoms with Crippen molar-refractivity contribution in [3.05, 3.63) is 23.9 Å². The van der Waals surface area contributed by atoms with E-state index < -0.39 is 11.9 Å².